The van der Waals surface area contributed by atoms with Gasteiger partial charge in [-0.2, -0.15) is 0 Å². The number of benzene rings is 1. The third kappa shape index (κ3) is 1.41. The molecule has 1 unspecified atom stereocenters. The standard InChI is InChI=1S/C15H20O/c1-8-9(2)11(4)15(12(5)10(8)3)13-6-7-14(13)16/h13H,6-7H2,1-5H3. The molecule has 0 amide bonds. The van der Waals surface area contributed by atoms with Crippen molar-refractivity contribution >= 4 is 5.78 Å². The number of hydrogen-bond donors (Lipinski definition) is 0. The molecular weight excluding hydrogens is 196 g/mol. The van der Waals surface area contributed by atoms with Gasteiger partial charge in [-0.05, 0) is 74.4 Å². The second kappa shape index (κ2) is 3.73. The topological polar surface area (TPSA) is 17.1 Å². The van der Waals surface area contributed by atoms with Crippen molar-refractivity contribution in [3.05, 3.63) is 33.4 Å². The van der Waals surface area contributed by atoms with Crippen LogP contribution in [0.15, 0.2) is 0 Å². The zero-order valence-corrected chi connectivity index (χ0v) is 10.9. The van der Waals surface area contributed by atoms with Gasteiger partial charge in [0.25, 0.3) is 0 Å². The molecule has 1 saturated carbocycles. The van der Waals surface area contributed by atoms with Crippen LogP contribution in [0.3, 0.4) is 0 Å². The van der Waals surface area contributed by atoms with Crippen LogP contribution in [0, 0.1) is 34.6 Å². The van der Waals surface area contributed by atoms with Gasteiger partial charge in [0.05, 0.1) is 0 Å². The molecule has 86 valence electrons. The van der Waals surface area contributed by atoms with E-state index < -0.39 is 0 Å². The first kappa shape index (κ1) is 11.4. The molecule has 1 aromatic carbocycles. The third-order valence-corrected chi connectivity index (χ3v) is 4.47. The Morgan fingerprint density at radius 1 is 0.812 bits per heavy atom. The van der Waals surface area contributed by atoms with Crippen LogP contribution in [0.25, 0.3) is 0 Å². The summed E-state index contributed by atoms with van der Waals surface area (Å²) >= 11 is 0. The Morgan fingerprint density at radius 2 is 1.25 bits per heavy atom. The molecular formula is C15H20O. The molecule has 0 heterocycles. The fraction of sp³-hybridized carbons (Fsp3) is 0.533. The molecule has 0 aliphatic heterocycles. The maximum absolute atomic E-state index is 11.6. The molecule has 1 atom stereocenters. The first-order valence-electron chi connectivity index (χ1n) is 6.04. The quantitative estimate of drug-likeness (QED) is 0.700. The van der Waals surface area contributed by atoms with E-state index in [-0.39, 0.29) is 5.92 Å². The van der Waals surface area contributed by atoms with E-state index >= 15 is 0 Å². The van der Waals surface area contributed by atoms with Crippen molar-refractivity contribution in [2.24, 2.45) is 0 Å². The molecule has 1 aliphatic carbocycles. The van der Waals surface area contributed by atoms with Gasteiger partial charge in [0.2, 0.25) is 0 Å². The first-order chi connectivity index (χ1) is 7.45. The number of carbonyl (C=O) groups excluding carboxylic acids is 1. The van der Waals surface area contributed by atoms with Crippen molar-refractivity contribution < 1.29 is 4.79 Å². The summed E-state index contributed by atoms with van der Waals surface area (Å²) in [4.78, 5) is 11.6. The monoisotopic (exact) mass is 216 g/mol. The van der Waals surface area contributed by atoms with Gasteiger partial charge in [-0.3, -0.25) is 4.79 Å². The minimum atomic E-state index is 0.193. The van der Waals surface area contributed by atoms with Crippen LogP contribution in [-0.2, 0) is 4.79 Å². The molecule has 0 spiro atoms. The van der Waals surface area contributed by atoms with Gasteiger partial charge in [0.1, 0.15) is 5.78 Å². The molecule has 0 N–H and O–H groups in total. The largest absolute Gasteiger partial charge is 0.299 e. The van der Waals surface area contributed by atoms with E-state index in [1.165, 1.54) is 33.4 Å². The highest BCUT2D eigenvalue weighted by molar-refractivity contribution is 5.92. The fourth-order valence-electron chi connectivity index (χ4n) is 2.76. The summed E-state index contributed by atoms with van der Waals surface area (Å²) in [6.07, 6.45) is 1.82. The number of Topliss-reactive ketones (excluding diaryl/α,β-unsaturated/α-hetero) is 1. The van der Waals surface area contributed by atoms with Gasteiger partial charge >= 0.3 is 0 Å². The average Bonchev–Trinajstić information content (AvgIpc) is 2.27. The molecule has 0 bridgehead atoms. The maximum Gasteiger partial charge on any atom is 0.140 e. The van der Waals surface area contributed by atoms with E-state index in [1.807, 2.05) is 0 Å². The molecule has 1 heteroatoms. The van der Waals surface area contributed by atoms with Crippen molar-refractivity contribution in [3.63, 3.8) is 0 Å². The first-order valence-corrected chi connectivity index (χ1v) is 6.04. The smallest absolute Gasteiger partial charge is 0.140 e. The normalized spacial score (nSPS) is 19.8. The lowest BCUT2D eigenvalue weighted by atomic mass is 9.73. The molecule has 1 aromatic rings. The summed E-state index contributed by atoms with van der Waals surface area (Å²) in [5, 5.41) is 0. The second-order valence-corrected chi connectivity index (χ2v) is 5.10. The second-order valence-electron chi connectivity index (χ2n) is 5.10. The Morgan fingerprint density at radius 3 is 1.56 bits per heavy atom. The summed E-state index contributed by atoms with van der Waals surface area (Å²) < 4.78 is 0. The Kier molecular flexibility index (Phi) is 2.65. The summed E-state index contributed by atoms with van der Waals surface area (Å²) in [5.41, 5.74) is 8.08. The summed E-state index contributed by atoms with van der Waals surface area (Å²) in [6.45, 7) is 10.8. The van der Waals surface area contributed by atoms with Gasteiger partial charge in [-0.1, -0.05) is 0 Å². The van der Waals surface area contributed by atoms with E-state index in [0.29, 0.717) is 5.78 Å². The molecule has 0 radical (unpaired) electrons. The number of rotatable bonds is 1. The average molecular weight is 216 g/mol. The van der Waals surface area contributed by atoms with Crippen molar-refractivity contribution in [2.75, 3.05) is 0 Å². The highest BCUT2D eigenvalue weighted by Gasteiger charge is 2.32. The van der Waals surface area contributed by atoms with Crippen molar-refractivity contribution in [2.45, 2.75) is 53.4 Å². The predicted octanol–water partition coefficient (Wildman–Crippen LogP) is 3.68. The predicted molar refractivity (Wildman–Crippen MR) is 67.1 cm³/mol. The van der Waals surface area contributed by atoms with E-state index in [4.69, 9.17) is 0 Å². The van der Waals surface area contributed by atoms with E-state index in [2.05, 4.69) is 34.6 Å². The summed E-state index contributed by atoms with van der Waals surface area (Å²) in [7, 11) is 0. The Bertz CT molecular complexity index is 440. The fourth-order valence-corrected chi connectivity index (χ4v) is 2.76. The highest BCUT2D eigenvalue weighted by Crippen LogP contribution is 2.39. The molecule has 2 rings (SSSR count). The van der Waals surface area contributed by atoms with Crippen LogP contribution in [0.4, 0.5) is 0 Å². The van der Waals surface area contributed by atoms with Crippen LogP contribution in [0.5, 0.6) is 0 Å². The van der Waals surface area contributed by atoms with Gasteiger partial charge in [0.15, 0.2) is 0 Å². The third-order valence-electron chi connectivity index (χ3n) is 4.47. The lowest BCUT2D eigenvalue weighted by Crippen LogP contribution is -2.25. The van der Waals surface area contributed by atoms with Crippen LogP contribution in [0.2, 0.25) is 0 Å². The minimum absolute atomic E-state index is 0.193. The lowest BCUT2D eigenvalue weighted by molar-refractivity contribution is -0.125. The Hall–Kier alpha value is -1.11. The Labute approximate surface area is 97.9 Å². The summed E-state index contributed by atoms with van der Waals surface area (Å²) in [5.74, 6) is 0.617. The van der Waals surface area contributed by atoms with Gasteiger partial charge in [-0.25, -0.2) is 0 Å². The van der Waals surface area contributed by atoms with Crippen LogP contribution < -0.4 is 0 Å². The lowest BCUT2D eigenvalue weighted by Gasteiger charge is -2.30. The van der Waals surface area contributed by atoms with Crippen molar-refractivity contribution in [1.82, 2.24) is 0 Å². The van der Waals surface area contributed by atoms with Gasteiger partial charge in [0, 0.05) is 12.3 Å². The molecule has 0 saturated heterocycles. The maximum atomic E-state index is 11.6. The van der Waals surface area contributed by atoms with E-state index in [9.17, 15) is 4.79 Å². The van der Waals surface area contributed by atoms with Crippen molar-refractivity contribution in [3.8, 4) is 0 Å². The van der Waals surface area contributed by atoms with Crippen LogP contribution in [-0.4, -0.2) is 5.78 Å². The van der Waals surface area contributed by atoms with Gasteiger partial charge in [-0.15, -0.1) is 0 Å². The minimum Gasteiger partial charge on any atom is -0.299 e. The van der Waals surface area contributed by atoms with Crippen LogP contribution >= 0.6 is 0 Å². The zero-order chi connectivity index (χ0) is 12.0. The zero-order valence-electron chi connectivity index (χ0n) is 10.9. The van der Waals surface area contributed by atoms with Gasteiger partial charge < -0.3 is 0 Å². The Balaban J connectivity index is 2.65. The van der Waals surface area contributed by atoms with Crippen molar-refractivity contribution in [1.29, 1.82) is 0 Å². The molecule has 1 aliphatic rings. The van der Waals surface area contributed by atoms with E-state index in [1.54, 1.807) is 0 Å². The molecule has 1 fully saturated rings. The number of ketones is 1. The molecule has 16 heavy (non-hydrogen) atoms. The van der Waals surface area contributed by atoms with E-state index in [0.717, 1.165) is 12.8 Å². The SMILES string of the molecule is Cc1c(C)c(C)c(C2CCC2=O)c(C)c1C. The summed E-state index contributed by atoms with van der Waals surface area (Å²) in [6, 6.07) is 0. The molecule has 0 aromatic heterocycles. The highest BCUT2D eigenvalue weighted by atomic mass is 16.1. The van der Waals surface area contributed by atoms with Crippen LogP contribution in [0.1, 0.15) is 52.1 Å². The molecule has 1 nitrogen and oxygen atoms in total. The number of carbonyl (C=O) groups is 1. The number of hydrogen-bond acceptors (Lipinski definition) is 1.